The molecular formula is C23H36I2O4. The van der Waals surface area contributed by atoms with Gasteiger partial charge in [0.15, 0.2) is 34.5 Å². The molecule has 166 valence electrons. The standard InChI is InChI=1S/C23H36I2O4/c1-3-5-7-9-11-13-15-17-18(16-14-12-10-8-6-4-2)20(24)22(27)21(26)19(17)23(28)29-25/h26-27H,3-16H2,1-2H3. The first-order valence-electron chi connectivity index (χ1n) is 11.1. The molecule has 0 heterocycles. The minimum Gasteiger partial charge on any atom is -0.504 e. The number of rotatable bonds is 15. The van der Waals surface area contributed by atoms with Gasteiger partial charge in [0.05, 0.1) is 3.57 Å². The average molecular weight is 630 g/mol. The molecule has 6 heteroatoms. The molecule has 0 unspecified atom stereocenters. The number of halogens is 2. The maximum Gasteiger partial charge on any atom is 0.351 e. The number of phenols is 2. The van der Waals surface area contributed by atoms with Crippen molar-refractivity contribution in [3.05, 3.63) is 20.3 Å². The fourth-order valence-corrected chi connectivity index (χ4v) is 4.82. The Morgan fingerprint density at radius 2 is 1.21 bits per heavy atom. The van der Waals surface area contributed by atoms with Gasteiger partial charge in [0.25, 0.3) is 0 Å². The van der Waals surface area contributed by atoms with Crippen molar-refractivity contribution in [2.45, 2.75) is 104 Å². The lowest BCUT2D eigenvalue weighted by atomic mass is 9.91. The van der Waals surface area contributed by atoms with Crippen LogP contribution < -0.4 is 0 Å². The van der Waals surface area contributed by atoms with E-state index in [-0.39, 0.29) is 17.1 Å². The van der Waals surface area contributed by atoms with E-state index in [2.05, 4.69) is 36.4 Å². The summed E-state index contributed by atoms with van der Waals surface area (Å²) in [5.41, 5.74) is 2.00. The van der Waals surface area contributed by atoms with Gasteiger partial charge in [0.1, 0.15) is 5.56 Å². The second kappa shape index (κ2) is 15.5. The first kappa shape index (κ1) is 26.8. The summed E-state index contributed by atoms with van der Waals surface area (Å²) in [6.07, 6.45) is 15.6. The predicted octanol–water partition coefficient (Wildman–Crippen LogP) is 8.02. The number of aromatic hydroxyl groups is 2. The van der Waals surface area contributed by atoms with Crippen molar-refractivity contribution in [3.63, 3.8) is 0 Å². The zero-order valence-corrected chi connectivity index (χ0v) is 22.2. The molecule has 1 aromatic rings. The monoisotopic (exact) mass is 630 g/mol. The lowest BCUT2D eigenvalue weighted by Gasteiger charge is -2.18. The van der Waals surface area contributed by atoms with Gasteiger partial charge < -0.3 is 13.3 Å². The highest BCUT2D eigenvalue weighted by Crippen LogP contribution is 2.41. The van der Waals surface area contributed by atoms with Crippen LogP contribution in [0.2, 0.25) is 0 Å². The summed E-state index contributed by atoms with van der Waals surface area (Å²) >= 11 is 3.64. The van der Waals surface area contributed by atoms with E-state index >= 15 is 0 Å². The van der Waals surface area contributed by atoms with E-state index in [1.54, 1.807) is 23.0 Å². The van der Waals surface area contributed by atoms with Gasteiger partial charge >= 0.3 is 5.97 Å². The van der Waals surface area contributed by atoms with Crippen molar-refractivity contribution in [1.82, 2.24) is 0 Å². The van der Waals surface area contributed by atoms with Crippen LogP contribution in [-0.4, -0.2) is 16.2 Å². The van der Waals surface area contributed by atoms with E-state index in [1.165, 1.54) is 51.4 Å². The van der Waals surface area contributed by atoms with Crippen LogP contribution in [0.1, 0.15) is 112 Å². The minimum absolute atomic E-state index is 0.145. The van der Waals surface area contributed by atoms with Crippen molar-refractivity contribution in [2.24, 2.45) is 0 Å². The van der Waals surface area contributed by atoms with Gasteiger partial charge in [0, 0.05) is 0 Å². The highest BCUT2D eigenvalue weighted by Gasteiger charge is 2.27. The van der Waals surface area contributed by atoms with Crippen molar-refractivity contribution in [2.75, 3.05) is 0 Å². The molecule has 0 aliphatic heterocycles. The molecule has 1 rings (SSSR count). The van der Waals surface area contributed by atoms with Gasteiger partial charge in [-0.3, -0.25) is 0 Å². The summed E-state index contributed by atoms with van der Waals surface area (Å²) in [6, 6.07) is 0. The molecule has 0 atom stereocenters. The Morgan fingerprint density at radius 1 is 0.759 bits per heavy atom. The number of hydrogen-bond donors (Lipinski definition) is 2. The summed E-state index contributed by atoms with van der Waals surface area (Å²) in [6.45, 7) is 4.42. The number of carbonyl (C=O) groups excluding carboxylic acids is 1. The van der Waals surface area contributed by atoms with E-state index in [9.17, 15) is 15.0 Å². The predicted molar refractivity (Wildman–Crippen MR) is 136 cm³/mol. The van der Waals surface area contributed by atoms with Crippen molar-refractivity contribution in [3.8, 4) is 11.5 Å². The molecule has 0 aromatic heterocycles. The number of unbranched alkanes of at least 4 members (excludes halogenated alkanes) is 10. The molecule has 0 bridgehead atoms. The Bertz CT molecular complexity index is 632. The summed E-state index contributed by atoms with van der Waals surface area (Å²) < 4.78 is 5.56. The van der Waals surface area contributed by atoms with Crippen LogP contribution in [0.15, 0.2) is 0 Å². The Labute approximate surface area is 204 Å². The lowest BCUT2D eigenvalue weighted by Crippen LogP contribution is -2.10. The van der Waals surface area contributed by atoms with E-state index < -0.39 is 5.97 Å². The van der Waals surface area contributed by atoms with E-state index in [1.807, 2.05) is 0 Å². The van der Waals surface area contributed by atoms with Gasteiger partial charge in [-0.15, -0.1) is 0 Å². The van der Waals surface area contributed by atoms with Crippen molar-refractivity contribution >= 4 is 51.6 Å². The Hall–Kier alpha value is -0.250. The zero-order chi connectivity index (χ0) is 21.6. The van der Waals surface area contributed by atoms with Gasteiger partial charge in [-0.2, -0.15) is 0 Å². The minimum atomic E-state index is -0.583. The van der Waals surface area contributed by atoms with Crippen LogP contribution in [0.3, 0.4) is 0 Å². The number of hydrogen-bond acceptors (Lipinski definition) is 4. The van der Waals surface area contributed by atoms with Crippen molar-refractivity contribution in [1.29, 1.82) is 0 Å². The van der Waals surface area contributed by atoms with Crippen molar-refractivity contribution < 1.29 is 18.1 Å². The second-order valence-corrected chi connectivity index (χ2v) is 9.26. The van der Waals surface area contributed by atoms with Crippen LogP contribution in [0.25, 0.3) is 0 Å². The highest BCUT2D eigenvalue weighted by molar-refractivity contribution is 14.1. The SMILES string of the molecule is CCCCCCCCc1c(I)c(O)c(O)c(C(=O)OI)c1CCCCCCCC. The largest absolute Gasteiger partial charge is 0.504 e. The second-order valence-electron chi connectivity index (χ2n) is 7.74. The molecule has 1 aromatic carbocycles. The number of carbonyl (C=O) groups is 1. The molecule has 0 saturated heterocycles. The molecule has 0 aliphatic carbocycles. The topological polar surface area (TPSA) is 66.8 Å². The molecule has 0 saturated carbocycles. The summed E-state index contributed by atoms with van der Waals surface area (Å²) in [4.78, 5) is 12.4. The number of benzene rings is 1. The summed E-state index contributed by atoms with van der Waals surface area (Å²) in [7, 11) is 0. The maximum absolute atomic E-state index is 12.4. The molecule has 0 radical (unpaired) electrons. The van der Waals surface area contributed by atoms with Crippen LogP contribution in [0.5, 0.6) is 11.5 Å². The first-order valence-corrected chi connectivity index (χ1v) is 13.0. The smallest absolute Gasteiger partial charge is 0.351 e. The molecule has 0 amide bonds. The Kier molecular flexibility index (Phi) is 14.3. The van der Waals surface area contributed by atoms with Gasteiger partial charge in [0.2, 0.25) is 0 Å². The molecule has 0 fully saturated rings. The molecule has 4 nitrogen and oxygen atoms in total. The molecule has 0 spiro atoms. The van der Waals surface area contributed by atoms with E-state index in [0.717, 1.165) is 49.7 Å². The van der Waals surface area contributed by atoms with Crippen LogP contribution in [-0.2, 0) is 15.9 Å². The van der Waals surface area contributed by atoms with Gasteiger partial charge in [-0.05, 0) is 59.4 Å². The Balaban J connectivity index is 2.99. The average Bonchev–Trinajstić information content (AvgIpc) is 2.72. The van der Waals surface area contributed by atoms with E-state index in [0.29, 0.717) is 3.57 Å². The zero-order valence-electron chi connectivity index (χ0n) is 17.9. The van der Waals surface area contributed by atoms with Gasteiger partial charge in [-0.25, -0.2) is 4.79 Å². The summed E-state index contributed by atoms with van der Waals surface area (Å²) in [5, 5.41) is 20.9. The van der Waals surface area contributed by atoms with Crippen LogP contribution >= 0.6 is 45.6 Å². The molecular weight excluding hydrogens is 594 g/mol. The normalized spacial score (nSPS) is 11.0. The third-order valence-corrected chi connectivity index (χ3v) is 7.00. The number of phenolic OH excluding ortho intramolecular Hbond substituents is 2. The first-order chi connectivity index (χ1) is 14.0. The summed E-state index contributed by atoms with van der Waals surface area (Å²) in [5.74, 6) is -1.13. The maximum atomic E-state index is 12.4. The van der Waals surface area contributed by atoms with Crippen LogP contribution in [0.4, 0.5) is 0 Å². The van der Waals surface area contributed by atoms with Gasteiger partial charge in [-0.1, -0.05) is 78.1 Å². The molecule has 2 N–H and O–H groups in total. The highest BCUT2D eigenvalue weighted by atomic mass is 127. The fourth-order valence-electron chi connectivity index (χ4n) is 3.75. The third kappa shape index (κ3) is 8.79. The van der Waals surface area contributed by atoms with E-state index in [4.69, 9.17) is 3.07 Å². The third-order valence-electron chi connectivity index (χ3n) is 5.43. The fraction of sp³-hybridized carbons (Fsp3) is 0.696. The lowest BCUT2D eigenvalue weighted by molar-refractivity contribution is 0.0795. The molecule has 29 heavy (non-hydrogen) atoms. The quantitative estimate of drug-likeness (QED) is 0.117. The molecule has 0 aliphatic rings. The van der Waals surface area contributed by atoms with Crippen LogP contribution in [0, 0.1) is 3.57 Å². The Morgan fingerprint density at radius 3 is 1.69 bits per heavy atom.